The van der Waals surface area contributed by atoms with E-state index in [2.05, 4.69) is 50.8 Å². The van der Waals surface area contributed by atoms with Crippen LogP contribution in [-0.2, 0) is 6.54 Å². The maximum atomic E-state index is 4.56. The van der Waals surface area contributed by atoms with Gasteiger partial charge in [-0.2, -0.15) is 11.3 Å². The van der Waals surface area contributed by atoms with E-state index in [0.29, 0.717) is 6.04 Å². The minimum absolute atomic E-state index is 0.546. The van der Waals surface area contributed by atoms with E-state index in [9.17, 15) is 0 Å². The van der Waals surface area contributed by atoms with E-state index >= 15 is 0 Å². The van der Waals surface area contributed by atoms with Gasteiger partial charge in [-0.15, -0.1) is 11.3 Å². The molecule has 5 heteroatoms. The molecule has 0 radical (unpaired) electrons. The lowest BCUT2D eigenvalue weighted by Crippen LogP contribution is -2.46. The number of thiophene rings is 1. The maximum Gasteiger partial charge on any atom is 0.0897 e. The highest BCUT2D eigenvalue weighted by atomic mass is 32.1. The van der Waals surface area contributed by atoms with Crippen LogP contribution in [0.5, 0.6) is 0 Å². The standard InChI is InChI=1S/C15H21N3S2/c1-12(14-3-8-19-10-14)18-6-4-17(5-7-18)9-15-11-20-13(2)16-15/h3,8,10-12H,4-7,9H2,1-2H3/t12-/m0/s1. The van der Waals surface area contributed by atoms with Crippen molar-refractivity contribution in [1.29, 1.82) is 0 Å². The lowest BCUT2D eigenvalue weighted by atomic mass is 10.1. The molecule has 0 saturated carbocycles. The number of hydrogen-bond acceptors (Lipinski definition) is 5. The molecule has 1 saturated heterocycles. The second-order valence-electron chi connectivity index (χ2n) is 5.40. The number of piperazine rings is 1. The quantitative estimate of drug-likeness (QED) is 0.863. The lowest BCUT2D eigenvalue weighted by molar-refractivity contribution is 0.0973. The molecule has 2 aromatic heterocycles. The van der Waals surface area contributed by atoms with Crippen molar-refractivity contribution < 1.29 is 0 Å². The first-order valence-electron chi connectivity index (χ1n) is 7.12. The zero-order chi connectivity index (χ0) is 13.9. The van der Waals surface area contributed by atoms with Crippen molar-refractivity contribution in [2.24, 2.45) is 0 Å². The first-order valence-corrected chi connectivity index (χ1v) is 8.94. The monoisotopic (exact) mass is 307 g/mol. The fraction of sp³-hybridized carbons (Fsp3) is 0.533. The molecule has 1 aliphatic rings. The van der Waals surface area contributed by atoms with Crippen LogP contribution < -0.4 is 0 Å². The molecule has 0 aromatic carbocycles. The van der Waals surface area contributed by atoms with Crippen molar-refractivity contribution in [2.45, 2.75) is 26.4 Å². The Morgan fingerprint density at radius 3 is 2.65 bits per heavy atom. The Morgan fingerprint density at radius 2 is 2.05 bits per heavy atom. The normalized spacial score (nSPS) is 19.3. The fourth-order valence-electron chi connectivity index (χ4n) is 2.74. The third-order valence-corrected chi connectivity index (χ3v) is 5.56. The summed E-state index contributed by atoms with van der Waals surface area (Å²) >= 11 is 3.54. The minimum atomic E-state index is 0.546. The van der Waals surface area contributed by atoms with Crippen LogP contribution >= 0.6 is 22.7 Å². The molecular weight excluding hydrogens is 286 g/mol. The first kappa shape index (κ1) is 14.2. The maximum absolute atomic E-state index is 4.56. The minimum Gasteiger partial charge on any atom is -0.295 e. The summed E-state index contributed by atoms with van der Waals surface area (Å²) in [6, 6.07) is 2.80. The molecule has 0 N–H and O–H groups in total. The van der Waals surface area contributed by atoms with E-state index in [0.717, 1.165) is 32.7 Å². The van der Waals surface area contributed by atoms with Crippen molar-refractivity contribution in [3.63, 3.8) is 0 Å². The number of aromatic nitrogens is 1. The lowest BCUT2D eigenvalue weighted by Gasteiger charge is -2.37. The highest BCUT2D eigenvalue weighted by Gasteiger charge is 2.22. The molecule has 108 valence electrons. The average Bonchev–Trinajstić information content (AvgIpc) is 3.11. The van der Waals surface area contributed by atoms with E-state index in [1.165, 1.54) is 16.3 Å². The van der Waals surface area contributed by atoms with Crippen LogP contribution in [0.4, 0.5) is 0 Å². The molecule has 1 atom stereocenters. The molecule has 0 bridgehead atoms. The molecule has 1 aliphatic heterocycles. The SMILES string of the molecule is Cc1nc(CN2CCN([C@@H](C)c3ccsc3)CC2)cs1. The van der Waals surface area contributed by atoms with Gasteiger partial charge in [0, 0.05) is 44.1 Å². The second kappa shape index (κ2) is 6.35. The van der Waals surface area contributed by atoms with Gasteiger partial charge in [0.15, 0.2) is 0 Å². The number of thiazole rings is 1. The molecular formula is C15H21N3S2. The van der Waals surface area contributed by atoms with Gasteiger partial charge in [0.2, 0.25) is 0 Å². The summed E-state index contributed by atoms with van der Waals surface area (Å²) in [7, 11) is 0. The highest BCUT2D eigenvalue weighted by molar-refractivity contribution is 7.09. The summed E-state index contributed by atoms with van der Waals surface area (Å²) in [5, 5.41) is 7.81. The number of rotatable bonds is 4. The summed E-state index contributed by atoms with van der Waals surface area (Å²) in [6.07, 6.45) is 0. The molecule has 0 spiro atoms. The molecule has 3 heterocycles. The Kier molecular flexibility index (Phi) is 4.51. The van der Waals surface area contributed by atoms with E-state index in [1.54, 1.807) is 22.7 Å². The molecule has 20 heavy (non-hydrogen) atoms. The van der Waals surface area contributed by atoms with Gasteiger partial charge in [-0.25, -0.2) is 4.98 Å². The first-order chi connectivity index (χ1) is 9.72. The fourth-order valence-corrected chi connectivity index (χ4v) is 4.09. The second-order valence-corrected chi connectivity index (χ2v) is 7.24. The molecule has 0 aliphatic carbocycles. The van der Waals surface area contributed by atoms with E-state index in [1.807, 2.05) is 0 Å². The third kappa shape index (κ3) is 3.28. The van der Waals surface area contributed by atoms with Crippen molar-refractivity contribution in [3.05, 3.63) is 38.5 Å². The Hall–Kier alpha value is -0.750. The average molecular weight is 307 g/mol. The Labute approximate surface area is 128 Å². The predicted molar refractivity (Wildman–Crippen MR) is 86.4 cm³/mol. The van der Waals surface area contributed by atoms with Crippen molar-refractivity contribution in [3.8, 4) is 0 Å². The van der Waals surface area contributed by atoms with Gasteiger partial charge in [0.05, 0.1) is 10.7 Å². The number of aryl methyl sites for hydroxylation is 1. The van der Waals surface area contributed by atoms with E-state index in [-0.39, 0.29) is 0 Å². The summed E-state index contributed by atoms with van der Waals surface area (Å²) in [5.41, 5.74) is 2.69. The topological polar surface area (TPSA) is 19.4 Å². The molecule has 1 fully saturated rings. The van der Waals surface area contributed by atoms with Crippen LogP contribution in [0.1, 0.15) is 29.2 Å². The van der Waals surface area contributed by atoms with Crippen LogP contribution in [0, 0.1) is 6.92 Å². The summed E-state index contributed by atoms with van der Waals surface area (Å²) in [6.45, 7) is 10.00. The Balaban J connectivity index is 1.52. The van der Waals surface area contributed by atoms with Gasteiger partial charge >= 0.3 is 0 Å². The molecule has 0 unspecified atom stereocenters. The zero-order valence-electron chi connectivity index (χ0n) is 12.1. The summed E-state index contributed by atoms with van der Waals surface area (Å²) < 4.78 is 0. The van der Waals surface area contributed by atoms with Gasteiger partial charge in [-0.1, -0.05) is 0 Å². The van der Waals surface area contributed by atoms with Gasteiger partial charge in [0.25, 0.3) is 0 Å². The largest absolute Gasteiger partial charge is 0.295 e. The van der Waals surface area contributed by atoms with Gasteiger partial charge in [0.1, 0.15) is 0 Å². The van der Waals surface area contributed by atoms with Crippen molar-refractivity contribution in [1.82, 2.24) is 14.8 Å². The highest BCUT2D eigenvalue weighted by Crippen LogP contribution is 2.24. The number of nitrogens with zero attached hydrogens (tertiary/aromatic N) is 3. The van der Waals surface area contributed by atoms with Crippen LogP contribution in [-0.4, -0.2) is 41.0 Å². The predicted octanol–water partition coefficient (Wildman–Crippen LogP) is 3.39. The van der Waals surface area contributed by atoms with E-state index in [4.69, 9.17) is 0 Å². The van der Waals surface area contributed by atoms with E-state index < -0.39 is 0 Å². The summed E-state index contributed by atoms with van der Waals surface area (Å²) in [5.74, 6) is 0. The molecule has 3 rings (SSSR count). The van der Waals surface area contributed by atoms with Crippen LogP contribution in [0.3, 0.4) is 0 Å². The van der Waals surface area contributed by atoms with Crippen LogP contribution in [0.25, 0.3) is 0 Å². The van der Waals surface area contributed by atoms with Crippen molar-refractivity contribution >= 4 is 22.7 Å². The number of hydrogen-bond donors (Lipinski definition) is 0. The smallest absolute Gasteiger partial charge is 0.0897 e. The third-order valence-electron chi connectivity index (χ3n) is 4.03. The summed E-state index contributed by atoms with van der Waals surface area (Å²) in [4.78, 5) is 9.67. The molecule has 0 amide bonds. The zero-order valence-corrected chi connectivity index (χ0v) is 13.7. The Morgan fingerprint density at radius 1 is 1.25 bits per heavy atom. The van der Waals surface area contributed by atoms with Crippen LogP contribution in [0.15, 0.2) is 22.2 Å². The molecule has 3 nitrogen and oxygen atoms in total. The molecule has 2 aromatic rings. The Bertz CT molecular complexity index is 527. The van der Waals surface area contributed by atoms with Crippen LogP contribution in [0.2, 0.25) is 0 Å². The van der Waals surface area contributed by atoms with Gasteiger partial charge in [-0.3, -0.25) is 9.80 Å². The van der Waals surface area contributed by atoms with Crippen molar-refractivity contribution in [2.75, 3.05) is 26.2 Å². The van der Waals surface area contributed by atoms with Gasteiger partial charge in [-0.05, 0) is 36.2 Å². The van der Waals surface area contributed by atoms with Gasteiger partial charge < -0.3 is 0 Å².